The Balaban J connectivity index is 2.13. The van der Waals surface area contributed by atoms with Crippen LogP contribution in [0.15, 0.2) is 42.5 Å². The summed E-state index contributed by atoms with van der Waals surface area (Å²) in [5.41, 5.74) is 5.15. The van der Waals surface area contributed by atoms with E-state index in [4.69, 9.17) is 11.6 Å². The number of anilines is 1. The van der Waals surface area contributed by atoms with Gasteiger partial charge in [-0.3, -0.25) is 0 Å². The van der Waals surface area contributed by atoms with E-state index in [1.54, 1.807) is 0 Å². The molecular weight excluding hydrogens is 322 g/mol. The molecule has 0 radical (unpaired) electrons. The molecule has 0 saturated carbocycles. The maximum Gasteiger partial charge on any atom is 0.0426 e. The van der Waals surface area contributed by atoms with Gasteiger partial charge in [0, 0.05) is 29.6 Å². The summed E-state index contributed by atoms with van der Waals surface area (Å²) >= 11 is 9.41. The summed E-state index contributed by atoms with van der Waals surface area (Å²) in [6.07, 6.45) is 0. The zero-order valence-electron chi connectivity index (χ0n) is 11.2. The maximum absolute atomic E-state index is 5.90. The van der Waals surface area contributed by atoms with Crippen LogP contribution in [0.25, 0.3) is 0 Å². The van der Waals surface area contributed by atoms with Crippen molar-refractivity contribution in [3.63, 3.8) is 0 Å². The fourth-order valence-electron chi connectivity index (χ4n) is 2.02. The van der Waals surface area contributed by atoms with Gasteiger partial charge in [-0.1, -0.05) is 45.7 Å². The largest absolute Gasteiger partial charge is 0.370 e. The summed E-state index contributed by atoms with van der Waals surface area (Å²) < 4.78 is 0. The van der Waals surface area contributed by atoms with Crippen molar-refractivity contribution in [2.45, 2.75) is 18.8 Å². The Hall–Kier alpha value is -0.990. The number of alkyl halides is 1. The molecule has 0 saturated heterocycles. The lowest BCUT2D eigenvalue weighted by atomic mass is 10.1. The Morgan fingerprint density at radius 2 is 1.79 bits per heavy atom. The second-order valence-electron chi connectivity index (χ2n) is 4.73. The van der Waals surface area contributed by atoms with Gasteiger partial charge in [-0.15, -0.1) is 0 Å². The second-order valence-corrected chi connectivity index (χ2v) is 5.72. The summed E-state index contributed by atoms with van der Waals surface area (Å²) in [6.45, 7) is 3.03. The van der Waals surface area contributed by atoms with E-state index in [1.807, 2.05) is 12.1 Å². The predicted molar refractivity (Wildman–Crippen MR) is 87.4 cm³/mol. The molecule has 0 N–H and O–H groups in total. The average Bonchev–Trinajstić information content (AvgIpc) is 2.41. The van der Waals surface area contributed by atoms with Gasteiger partial charge in [-0.05, 0) is 47.9 Å². The molecular formula is C16H17BrClN. The van der Waals surface area contributed by atoms with Crippen molar-refractivity contribution in [3.8, 4) is 0 Å². The highest BCUT2D eigenvalue weighted by atomic mass is 79.9. The molecule has 0 bridgehead atoms. The number of aryl methyl sites for hydroxylation is 1. The molecule has 0 aliphatic carbocycles. The number of halogens is 2. The minimum atomic E-state index is 0.781. The molecule has 0 amide bonds. The molecule has 2 rings (SSSR count). The van der Waals surface area contributed by atoms with Crippen molar-refractivity contribution in [2.24, 2.45) is 0 Å². The van der Waals surface area contributed by atoms with Gasteiger partial charge in [0.25, 0.3) is 0 Å². The zero-order valence-corrected chi connectivity index (χ0v) is 13.5. The lowest BCUT2D eigenvalue weighted by Crippen LogP contribution is -2.16. The Kier molecular flexibility index (Phi) is 4.89. The van der Waals surface area contributed by atoms with Crippen molar-refractivity contribution in [1.82, 2.24) is 0 Å². The van der Waals surface area contributed by atoms with Crippen LogP contribution in [0.5, 0.6) is 0 Å². The first-order valence-electron chi connectivity index (χ1n) is 6.21. The van der Waals surface area contributed by atoms with Crippen LogP contribution >= 0.6 is 27.5 Å². The predicted octanol–water partition coefficient (Wildman–Crippen LogP) is 5.18. The van der Waals surface area contributed by atoms with Gasteiger partial charge < -0.3 is 4.90 Å². The number of benzene rings is 2. The molecule has 2 aromatic rings. The summed E-state index contributed by atoms with van der Waals surface area (Å²) in [4.78, 5) is 2.24. The molecule has 0 heterocycles. The van der Waals surface area contributed by atoms with E-state index >= 15 is 0 Å². The van der Waals surface area contributed by atoms with E-state index in [2.05, 4.69) is 65.1 Å². The Morgan fingerprint density at radius 1 is 1.11 bits per heavy atom. The molecule has 0 unspecified atom stereocenters. The van der Waals surface area contributed by atoms with Crippen molar-refractivity contribution in [2.75, 3.05) is 11.9 Å². The van der Waals surface area contributed by atoms with Crippen molar-refractivity contribution < 1.29 is 0 Å². The fourth-order valence-corrected chi connectivity index (χ4v) is 2.78. The first kappa shape index (κ1) is 14.4. The quantitative estimate of drug-likeness (QED) is 0.694. The lowest BCUT2D eigenvalue weighted by molar-refractivity contribution is 0.921. The van der Waals surface area contributed by atoms with Gasteiger partial charge >= 0.3 is 0 Å². The molecule has 2 aromatic carbocycles. The van der Waals surface area contributed by atoms with Crippen LogP contribution in [0.3, 0.4) is 0 Å². The van der Waals surface area contributed by atoms with Gasteiger partial charge in [-0.2, -0.15) is 0 Å². The van der Waals surface area contributed by atoms with Gasteiger partial charge in [0.2, 0.25) is 0 Å². The number of hydrogen-bond acceptors (Lipinski definition) is 1. The number of nitrogens with zero attached hydrogens (tertiary/aromatic N) is 1. The number of rotatable bonds is 4. The number of hydrogen-bond donors (Lipinski definition) is 0. The van der Waals surface area contributed by atoms with E-state index in [-0.39, 0.29) is 0 Å². The average molecular weight is 339 g/mol. The van der Waals surface area contributed by atoms with E-state index in [1.165, 1.54) is 22.4 Å². The van der Waals surface area contributed by atoms with E-state index in [0.717, 1.165) is 16.9 Å². The van der Waals surface area contributed by atoms with Crippen LogP contribution in [0, 0.1) is 6.92 Å². The third-order valence-electron chi connectivity index (χ3n) is 3.24. The Labute approximate surface area is 128 Å². The van der Waals surface area contributed by atoms with Crippen LogP contribution in [-0.2, 0) is 11.9 Å². The monoisotopic (exact) mass is 337 g/mol. The highest BCUT2D eigenvalue weighted by Crippen LogP contribution is 2.21. The molecule has 100 valence electrons. The summed E-state index contributed by atoms with van der Waals surface area (Å²) in [5, 5.41) is 1.68. The summed E-state index contributed by atoms with van der Waals surface area (Å²) in [5.74, 6) is 0. The van der Waals surface area contributed by atoms with Crippen LogP contribution in [0.2, 0.25) is 5.02 Å². The van der Waals surface area contributed by atoms with E-state index < -0.39 is 0 Å². The van der Waals surface area contributed by atoms with Crippen molar-refractivity contribution in [3.05, 3.63) is 64.2 Å². The molecule has 0 aliphatic rings. The Bertz CT molecular complexity index is 551. The molecule has 0 aliphatic heterocycles. The van der Waals surface area contributed by atoms with E-state index in [9.17, 15) is 0 Å². The molecule has 0 spiro atoms. The van der Waals surface area contributed by atoms with Crippen LogP contribution in [-0.4, -0.2) is 7.05 Å². The molecule has 3 heteroatoms. The minimum Gasteiger partial charge on any atom is -0.370 e. The SMILES string of the molecule is Cc1cc(N(C)Cc2ccc(Cl)cc2)ccc1CBr. The highest BCUT2D eigenvalue weighted by Gasteiger charge is 2.04. The molecule has 1 nitrogen and oxygen atoms in total. The standard InChI is InChI=1S/C16H17BrClN/c1-12-9-16(8-5-14(12)10-17)19(2)11-13-3-6-15(18)7-4-13/h3-9H,10-11H2,1-2H3. The zero-order chi connectivity index (χ0) is 13.8. The topological polar surface area (TPSA) is 3.24 Å². The van der Waals surface area contributed by atoms with Crippen LogP contribution < -0.4 is 4.90 Å². The van der Waals surface area contributed by atoms with Crippen molar-refractivity contribution in [1.29, 1.82) is 0 Å². The van der Waals surface area contributed by atoms with Crippen molar-refractivity contribution >= 4 is 33.2 Å². The summed E-state index contributed by atoms with van der Waals surface area (Å²) in [7, 11) is 2.11. The van der Waals surface area contributed by atoms with Gasteiger partial charge in [-0.25, -0.2) is 0 Å². The van der Waals surface area contributed by atoms with E-state index in [0.29, 0.717) is 0 Å². The third-order valence-corrected chi connectivity index (χ3v) is 4.10. The minimum absolute atomic E-state index is 0.781. The first-order chi connectivity index (χ1) is 9.10. The molecule has 0 aromatic heterocycles. The molecule has 0 fully saturated rings. The fraction of sp³-hybridized carbons (Fsp3) is 0.250. The maximum atomic E-state index is 5.90. The van der Waals surface area contributed by atoms with Gasteiger partial charge in [0.05, 0.1) is 0 Å². The third kappa shape index (κ3) is 3.74. The van der Waals surface area contributed by atoms with Gasteiger partial charge in [0.15, 0.2) is 0 Å². The normalized spacial score (nSPS) is 10.5. The second kappa shape index (κ2) is 6.44. The van der Waals surface area contributed by atoms with Crippen LogP contribution in [0.4, 0.5) is 5.69 Å². The first-order valence-corrected chi connectivity index (χ1v) is 7.71. The molecule has 0 atom stereocenters. The lowest BCUT2D eigenvalue weighted by Gasteiger charge is -2.20. The van der Waals surface area contributed by atoms with Crippen LogP contribution in [0.1, 0.15) is 16.7 Å². The smallest absolute Gasteiger partial charge is 0.0426 e. The van der Waals surface area contributed by atoms with Gasteiger partial charge in [0.1, 0.15) is 0 Å². The summed E-state index contributed by atoms with van der Waals surface area (Å²) in [6, 6.07) is 14.6. The molecule has 19 heavy (non-hydrogen) atoms. The Morgan fingerprint density at radius 3 is 2.37 bits per heavy atom. The highest BCUT2D eigenvalue weighted by molar-refractivity contribution is 9.08.